The van der Waals surface area contributed by atoms with Crippen LogP contribution in [-0.2, 0) is 0 Å². The van der Waals surface area contributed by atoms with Crippen LogP contribution in [0.25, 0.3) is 0 Å². The maximum atomic E-state index is 13.6. The van der Waals surface area contributed by atoms with Crippen LogP contribution in [0.15, 0.2) is 18.2 Å². The molecule has 0 saturated heterocycles. The monoisotopic (exact) mass is 241 g/mol. The van der Waals surface area contributed by atoms with Gasteiger partial charge in [-0.1, -0.05) is 38.8 Å². The van der Waals surface area contributed by atoms with Crippen LogP contribution in [-0.4, -0.2) is 0 Å². The van der Waals surface area contributed by atoms with Crippen molar-refractivity contribution in [1.82, 2.24) is 0 Å². The van der Waals surface area contributed by atoms with Crippen LogP contribution in [0, 0.1) is 17.6 Å². The minimum atomic E-state index is -0.815. The van der Waals surface area contributed by atoms with E-state index in [-0.39, 0.29) is 5.92 Å². The van der Waals surface area contributed by atoms with Crippen molar-refractivity contribution < 1.29 is 8.78 Å². The van der Waals surface area contributed by atoms with Gasteiger partial charge in [-0.05, 0) is 24.8 Å². The van der Waals surface area contributed by atoms with E-state index in [1.54, 1.807) is 6.07 Å². The van der Waals surface area contributed by atoms with Crippen molar-refractivity contribution in [1.29, 1.82) is 0 Å². The minimum Gasteiger partial charge on any atom is -0.324 e. The van der Waals surface area contributed by atoms with Crippen LogP contribution in [0.1, 0.15) is 51.1 Å². The molecule has 1 rings (SSSR count). The molecule has 0 aliphatic carbocycles. The van der Waals surface area contributed by atoms with Crippen LogP contribution in [0.3, 0.4) is 0 Å². The molecular weight excluding hydrogens is 220 g/mol. The minimum absolute atomic E-state index is 0.223. The molecule has 3 heteroatoms. The van der Waals surface area contributed by atoms with E-state index in [0.717, 1.165) is 31.7 Å². The van der Waals surface area contributed by atoms with Crippen molar-refractivity contribution in [2.75, 3.05) is 0 Å². The standard InChI is InChI=1S/C14H21F2N/c1-3-6-10(7-4-2)14(17)11-8-5-9-12(15)13(11)16/h5,8-10,14H,3-4,6-7,17H2,1-2H3. The second kappa shape index (κ2) is 6.70. The molecule has 2 N–H and O–H groups in total. The first-order chi connectivity index (χ1) is 8.11. The third-order valence-electron chi connectivity index (χ3n) is 3.17. The molecule has 0 bridgehead atoms. The maximum absolute atomic E-state index is 13.6. The lowest BCUT2D eigenvalue weighted by atomic mass is 9.86. The fourth-order valence-corrected chi connectivity index (χ4v) is 2.28. The third-order valence-corrected chi connectivity index (χ3v) is 3.17. The Morgan fingerprint density at radius 1 is 1.12 bits per heavy atom. The molecule has 1 aromatic carbocycles. The Morgan fingerprint density at radius 2 is 1.71 bits per heavy atom. The van der Waals surface area contributed by atoms with Crippen molar-refractivity contribution in [3.63, 3.8) is 0 Å². The van der Waals surface area contributed by atoms with Gasteiger partial charge in [-0.3, -0.25) is 0 Å². The fourth-order valence-electron chi connectivity index (χ4n) is 2.28. The second-order valence-electron chi connectivity index (χ2n) is 4.51. The quantitative estimate of drug-likeness (QED) is 0.794. The third kappa shape index (κ3) is 3.50. The van der Waals surface area contributed by atoms with E-state index in [1.807, 2.05) is 0 Å². The van der Waals surface area contributed by atoms with Gasteiger partial charge in [-0.15, -0.1) is 0 Å². The van der Waals surface area contributed by atoms with E-state index in [1.165, 1.54) is 6.07 Å². The van der Waals surface area contributed by atoms with Crippen molar-refractivity contribution in [2.24, 2.45) is 11.7 Å². The number of hydrogen-bond acceptors (Lipinski definition) is 1. The number of halogens is 2. The molecule has 96 valence electrons. The van der Waals surface area contributed by atoms with Gasteiger partial charge in [0, 0.05) is 11.6 Å². The molecule has 1 atom stereocenters. The Bertz CT molecular complexity index is 346. The summed E-state index contributed by atoms with van der Waals surface area (Å²) in [4.78, 5) is 0. The number of benzene rings is 1. The molecule has 1 nitrogen and oxygen atoms in total. The van der Waals surface area contributed by atoms with E-state index >= 15 is 0 Å². The SMILES string of the molecule is CCCC(CCC)C(N)c1cccc(F)c1F. The first-order valence-corrected chi connectivity index (χ1v) is 6.31. The predicted molar refractivity (Wildman–Crippen MR) is 66.6 cm³/mol. The predicted octanol–water partition coefficient (Wildman–Crippen LogP) is 4.18. The van der Waals surface area contributed by atoms with Gasteiger partial charge in [-0.25, -0.2) is 8.78 Å². The molecule has 0 radical (unpaired) electrons. The van der Waals surface area contributed by atoms with Crippen molar-refractivity contribution in [3.05, 3.63) is 35.4 Å². The highest BCUT2D eigenvalue weighted by molar-refractivity contribution is 5.22. The zero-order valence-electron chi connectivity index (χ0n) is 10.5. The van der Waals surface area contributed by atoms with Crippen molar-refractivity contribution >= 4 is 0 Å². The van der Waals surface area contributed by atoms with Gasteiger partial charge in [0.15, 0.2) is 11.6 Å². The van der Waals surface area contributed by atoms with Gasteiger partial charge in [0.25, 0.3) is 0 Å². The van der Waals surface area contributed by atoms with Gasteiger partial charge in [-0.2, -0.15) is 0 Å². The summed E-state index contributed by atoms with van der Waals surface area (Å²) in [5, 5.41) is 0. The van der Waals surface area contributed by atoms with Gasteiger partial charge in [0.2, 0.25) is 0 Å². The van der Waals surface area contributed by atoms with E-state index in [0.29, 0.717) is 5.56 Å². The number of hydrogen-bond donors (Lipinski definition) is 1. The van der Waals surface area contributed by atoms with Gasteiger partial charge in [0.05, 0.1) is 0 Å². The average molecular weight is 241 g/mol. The molecule has 0 aliphatic rings. The molecular formula is C14H21F2N. The number of nitrogens with two attached hydrogens (primary N) is 1. The summed E-state index contributed by atoms with van der Waals surface area (Å²) in [7, 11) is 0. The normalized spacial score (nSPS) is 13.1. The molecule has 17 heavy (non-hydrogen) atoms. The lowest BCUT2D eigenvalue weighted by molar-refractivity contribution is 0.356. The van der Waals surface area contributed by atoms with Crippen molar-refractivity contribution in [2.45, 2.75) is 45.6 Å². The van der Waals surface area contributed by atoms with Gasteiger partial charge >= 0.3 is 0 Å². The summed E-state index contributed by atoms with van der Waals surface area (Å²) < 4.78 is 26.8. The van der Waals surface area contributed by atoms with E-state index in [9.17, 15) is 8.78 Å². The molecule has 0 saturated carbocycles. The van der Waals surface area contributed by atoms with Crippen LogP contribution < -0.4 is 5.73 Å². The Labute approximate surface area is 102 Å². The zero-order valence-corrected chi connectivity index (χ0v) is 10.5. The Morgan fingerprint density at radius 3 is 2.24 bits per heavy atom. The molecule has 0 fully saturated rings. The fraction of sp³-hybridized carbons (Fsp3) is 0.571. The maximum Gasteiger partial charge on any atom is 0.163 e. The summed E-state index contributed by atoms with van der Waals surface area (Å²) in [6, 6.07) is 3.81. The summed E-state index contributed by atoms with van der Waals surface area (Å²) in [5.74, 6) is -1.39. The van der Waals surface area contributed by atoms with E-state index < -0.39 is 17.7 Å². The Hall–Kier alpha value is -0.960. The largest absolute Gasteiger partial charge is 0.324 e. The van der Waals surface area contributed by atoms with Crippen LogP contribution in [0.5, 0.6) is 0 Å². The topological polar surface area (TPSA) is 26.0 Å². The number of rotatable bonds is 6. The van der Waals surface area contributed by atoms with Crippen molar-refractivity contribution in [3.8, 4) is 0 Å². The summed E-state index contributed by atoms with van der Waals surface area (Å²) >= 11 is 0. The average Bonchev–Trinajstić information content (AvgIpc) is 2.31. The van der Waals surface area contributed by atoms with Crippen LogP contribution in [0.4, 0.5) is 8.78 Å². The summed E-state index contributed by atoms with van der Waals surface area (Å²) in [6.45, 7) is 4.16. The summed E-state index contributed by atoms with van der Waals surface area (Å²) in [5.41, 5.74) is 6.38. The van der Waals surface area contributed by atoms with Gasteiger partial charge < -0.3 is 5.73 Å². The van der Waals surface area contributed by atoms with E-state index in [2.05, 4.69) is 13.8 Å². The molecule has 0 aromatic heterocycles. The molecule has 0 aliphatic heterocycles. The highest BCUT2D eigenvalue weighted by Crippen LogP contribution is 2.29. The molecule has 1 unspecified atom stereocenters. The van der Waals surface area contributed by atoms with Gasteiger partial charge in [0.1, 0.15) is 0 Å². The highest BCUT2D eigenvalue weighted by Gasteiger charge is 2.22. The smallest absolute Gasteiger partial charge is 0.163 e. The zero-order chi connectivity index (χ0) is 12.8. The highest BCUT2D eigenvalue weighted by atomic mass is 19.2. The van der Waals surface area contributed by atoms with Crippen LogP contribution in [0.2, 0.25) is 0 Å². The Balaban J connectivity index is 2.92. The first-order valence-electron chi connectivity index (χ1n) is 6.31. The second-order valence-corrected chi connectivity index (χ2v) is 4.51. The van der Waals surface area contributed by atoms with E-state index in [4.69, 9.17) is 5.73 Å². The lowest BCUT2D eigenvalue weighted by Crippen LogP contribution is -2.23. The molecule has 0 spiro atoms. The Kier molecular flexibility index (Phi) is 5.56. The first kappa shape index (κ1) is 14.1. The molecule has 1 aromatic rings. The lowest BCUT2D eigenvalue weighted by Gasteiger charge is -2.24. The molecule has 0 amide bonds. The molecule has 0 heterocycles. The summed E-state index contributed by atoms with van der Waals surface area (Å²) in [6.07, 6.45) is 3.92. The van der Waals surface area contributed by atoms with Crippen LogP contribution >= 0.6 is 0 Å².